The molecule has 0 fully saturated rings. The highest BCUT2D eigenvalue weighted by Crippen LogP contribution is 2.33. The molecular formula is C31H39N3O8S. The zero-order valence-corrected chi connectivity index (χ0v) is 26.1. The highest BCUT2D eigenvalue weighted by molar-refractivity contribution is 7.92. The highest BCUT2D eigenvalue weighted by Gasteiger charge is 2.34. The van der Waals surface area contributed by atoms with E-state index < -0.39 is 28.5 Å². The van der Waals surface area contributed by atoms with E-state index in [4.69, 9.17) is 18.9 Å². The highest BCUT2D eigenvalue weighted by atomic mass is 32.2. The number of methoxy groups -OCH3 is 3. The average molecular weight is 614 g/mol. The lowest BCUT2D eigenvalue weighted by atomic mass is 10.1. The van der Waals surface area contributed by atoms with Crippen LogP contribution >= 0.6 is 0 Å². The van der Waals surface area contributed by atoms with Gasteiger partial charge in [0.2, 0.25) is 11.8 Å². The molecule has 0 aliphatic heterocycles. The van der Waals surface area contributed by atoms with Crippen molar-refractivity contribution in [2.75, 3.05) is 45.8 Å². The predicted molar refractivity (Wildman–Crippen MR) is 163 cm³/mol. The van der Waals surface area contributed by atoms with Crippen LogP contribution in [0.25, 0.3) is 0 Å². The van der Waals surface area contributed by atoms with Crippen molar-refractivity contribution in [3.05, 3.63) is 72.3 Å². The maximum absolute atomic E-state index is 14.2. The number of likely N-dealkylation sites (N-methyl/N-ethyl adjacent to an activating group) is 1. The molecule has 0 saturated heterocycles. The number of benzene rings is 3. The van der Waals surface area contributed by atoms with Crippen molar-refractivity contribution in [3.63, 3.8) is 0 Å². The Hall–Kier alpha value is -4.45. The third-order valence-corrected chi connectivity index (χ3v) is 8.55. The lowest BCUT2D eigenvalue weighted by Crippen LogP contribution is -2.51. The van der Waals surface area contributed by atoms with Crippen molar-refractivity contribution in [2.24, 2.45) is 0 Å². The molecule has 3 aromatic carbocycles. The molecule has 3 rings (SSSR count). The molecule has 0 spiro atoms. The molecule has 1 atom stereocenters. The Morgan fingerprint density at radius 3 is 2.14 bits per heavy atom. The SMILES string of the molecule is CCOc1ccc(N(CC(=O)N(Cc2cccc(OC)c2)[C@@H](CC)C(=O)NC)S(=O)(=O)c2ccc(OC)c(OC)c2)cc1. The van der Waals surface area contributed by atoms with Crippen LogP contribution in [0, 0.1) is 0 Å². The smallest absolute Gasteiger partial charge is 0.264 e. The Morgan fingerprint density at radius 1 is 0.860 bits per heavy atom. The topological polar surface area (TPSA) is 124 Å². The van der Waals surface area contributed by atoms with Gasteiger partial charge in [0.25, 0.3) is 10.0 Å². The molecule has 0 aliphatic rings. The van der Waals surface area contributed by atoms with Crippen LogP contribution in [-0.2, 0) is 26.2 Å². The largest absolute Gasteiger partial charge is 0.497 e. The van der Waals surface area contributed by atoms with E-state index in [0.717, 1.165) is 4.31 Å². The number of anilines is 1. The van der Waals surface area contributed by atoms with Crippen LogP contribution in [0.15, 0.2) is 71.6 Å². The van der Waals surface area contributed by atoms with Crippen LogP contribution < -0.4 is 28.6 Å². The first-order chi connectivity index (χ1) is 20.6. The average Bonchev–Trinajstić information content (AvgIpc) is 3.03. The van der Waals surface area contributed by atoms with Gasteiger partial charge in [-0.2, -0.15) is 0 Å². The van der Waals surface area contributed by atoms with E-state index >= 15 is 0 Å². The van der Waals surface area contributed by atoms with Gasteiger partial charge in [0.05, 0.1) is 38.5 Å². The normalized spacial score (nSPS) is 11.7. The summed E-state index contributed by atoms with van der Waals surface area (Å²) in [6.07, 6.45) is 0.306. The van der Waals surface area contributed by atoms with Crippen molar-refractivity contribution in [3.8, 4) is 23.0 Å². The summed E-state index contributed by atoms with van der Waals surface area (Å²) >= 11 is 0. The summed E-state index contributed by atoms with van der Waals surface area (Å²) < 4.78 is 50.8. The summed E-state index contributed by atoms with van der Waals surface area (Å²) in [6, 6.07) is 16.9. The quantitative estimate of drug-likeness (QED) is 0.274. The van der Waals surface area contributed by atoms with Crippen LogP contribution in [0.4, 0.5) is 5.69 Å². The fourth-order valence-corrected chi connectivity index (χ4v) is 5.99. The number of sulfonamides is 1. The summed E-state index contributed by atoms with van der Waals surface area (Å²) in [4.78, 5) is 28.3. The molecule has 0 unspecified atom stereocenters. The molecule has 0 heterocycles. The molecule has 232 valence electrons. The Kier molecular flexibility index (Phi) is 11.6. The van der Waals surface area contributed by atoms with Gasteiger partial charge in [-0.05, 0) is 67.4 Å². The maximum Gasteiger partial charge on any atom is 0.264 e. The van der Waals surface area contributed by atoms with Gasteiger partial charge < -0.3 is 29.2 Å². The number of nitrogens with zero attached hydrogens (tertiary/aromatic N) is 2. The van der Waals surface area contributed by atoms with E-state index in [9.17, 15) is 18.0 Å². The van der Waals surface area contributed by atoms with Gasteiger partial charge in [-0.15, -0.1) is 0 Å². The number of rotatable bonds is 15. The van der Waals surface area contributed by atoms with E-state index in [-0.39, 0.29) is 28.8 Å². The predicted octanol–water partition coefficient (Wildman–Crippen LogP) is 3.86. The third kappa shape index (κ3) is 7.89. The number of carbonyl (C=O) groups is 2. The van der Waals surface area contributed by atoms with Crippen molar-refractivity contribution in [1.82, 2.24) is 10.2 Å². The molecule has 1 N–H and O–H groups in total. The van der Waals surface area contributed by atoms with Crippen LogP contribution in [-0.4, -0.2) is 72.7 Å². The molecular weight excluding hydrogens is 574 g/mol. The van der Waals surface area contributed by atoms with Gasteiger partial charge in [0, 0.05) is 19.7 Å². The van der Waals surface area contributed by atoms with Gasteiger partial charge in [-0.1, -0.05) is 19.1 Å². The number of ether oxygens (including phenoxy) is 4. The first-order valence-corrected chi connectivity index (χ1v) is 15.2. The lowest BCUT2D eigenvalue weighted by molar-refractivity contribution is -0.140. The zero-order valence-electron chi connectivity index (χ0n) is 25.3. The van der Waals surface area contributed by atoms with Gasteiger partial charge in [-0.3, -0.25) is 13.9 Å². The van der Waals surface area contributed by atoms with Crippen molar-refractivity contribution >= 4 is 27.5 Å². The number of amides is 2. The summed E-state index contributed by atoms with van der Waals surface area (Å²) in [5.41, 5.74) is 0.950. The maximum atomic E-state index is 14.2. The summed E-state index contributed by atoms with van der Waals surface area (Å²) in [5.74, 6) is 0.763. The fraction of sp³-hybridized carbons (Fsp3) is 0.355. The second-order valence-corrected chi connectivity index (χ2v) is 11.2. The molecule has 0 radical (unpaired) electrons. The number of hydrogen-bond donors (Lipinski definition) is 1. The molecule has 0 saturated carbocycles. The Labute approximate surface area is 253 Å². The summed E-state index contributed by atoms with van der Waals surface area (Å²) in [7, 11) is 1.57. The fourth-order valence-electron chi connectivity index (χ4n) is 4.56. The second kappa shape index (κ2) is 15.1. The minimum absolute atomic E-state index is 0.0511. The number of hydrogen-bond acceptors (Lipinski definition) is 8. The van der Waals surface area contributed by atoms with E-state index in [0.29, 0.717) is 35.8 Å². The summed E-state index contributed by atoms with van der Waals surface area (Å²) in [5, 5.41) is 2.61. The second-order valence-electron chi connectivity index (χ2n) is 9.37. The molecule has 0 aliphatic carbocycles. The van der Waals surface area contributed by atoms with E-state index in [1.807, 2.05) is 13.0 Å². The molecule has 2 amide bonds. The molecule has 11 nitrogen and oxygen atoms in total. The van der Waals surface area contributed by atoms with Gasteiger partial charge in [0.1, 0.15) is 24.1 Å². The van der Waals surface area contributed by atoms with Crippen LogP contribution in [0.3, 0.4) is 0 Å². The summed E-state index contributed by atoms with van der Waals surface area (Å²) in [6.45, 7) is 3.53. The standard InChI is InChI=1S/C31H39N3O8S/c1-7-27(31(36)32-3)33(20-22-10-9-11-25(18-22)39-4)30(35)21-34(23-12-14-24(15-13-23)42-8-2)43(37,38)26-16-17-28(40-5)29(19-26)41-6/h9-19,27H,7-8,20-21H2,1-6H3,(H,32,36)/t27-/m0/s1. The van der Waals surface area contributed by atoms with Crippen molar-refractivity contribution in [1.29, 1.82) is 0 Å². The minimum atomic E-state index is -4.32. The van der Waals surface area contributed by atoms with Gasteiger partial charge >= 0.3 is 0 Å². The minimum Gasteiger partial charge on any atom is -0.497 e. The van der Waals surface area contributed by atoms with Crippen LogP contribution in [0.1, 0.15) is 25.8 Å². The molecule has 43 heavy (non-hydrogen) atoms. The van der Waals surface area contributed by atoms with Crippen molar-refractivity contribution in [2.45, 2.75) is 37.8 Å². The van der Waals surface area contributed by atoms with Crippen LogP contribution in [0.2, 0.25) is 0 Å². The Balaban J connectivity index is 2.11. The van der Waals surface area contributed by atoms with E-state index in [1.54, 1.807) is 49.4 Å². The molecule has 3 aromatic rings. The van der Waals surface area contributed by atoms with Crippen LogP contribution in [0.5, 0.6) is 23.0 Å². The monoisotopic (exact) mass is 613 g/mol. The van der Waals surface area contributed by atoms with Gasteiger partial charge in [0.15, 0.2) is 11.5 Å². The first-order valence-electron chi connectivity index (χ1n) is 13.7. The number of carbonyl (C=O) groups excluding carboxylic acids is 2. The van der Waals surface area contributed by atoms with E-state index in [1.165, 1.54) is 51.5 Å². The molecule has 0 bridgehead atoms. The first kappa shape index (κ1) is 33.1. The Bertz CT molecular complexity index is 1500. The third-order valence-electron chi connectivity index (χ3n) is 6.78. The molecule has 0 aromatic heterocycles. The zero-order chi connectivity index (χ0) is 31.6. The lowest BCUT2D eigenvalue weighted by Gasteiger charge is -2.33. The molecule has 12 heteroatoms. The van der Waals surface area contributed by atoms with Crippen molar-refractivity contribution < 1.29 is 37.0 Å². The van der Waals surface area contributed by atoms with E-state index in [2.05, 4.69) is 5.32 Å². The Morgan fingerprint density at radius 2 is 1.56 bits per heavy atom. The number of nitrogens with one attached hydrogen (secondary N) is 1. The van der Waals surface area contributed by atoms with Gasteiger partial charge in [-0.25, -0.2) is 8.42 Å².